The predicted molar refractivity (Wildman–Crippen MR) is 77.7 cm³/mol. The summed E-state index contributed by atoms with van der Waals surface area (Å²) in [5.41, 5.74) is 0. The first kappa shape index (κ1) is 14.7. The zero-order chi connectivity index (χ0) is 14.4. The Morgan fingerprint density at radius 1 is 1.45 bits per heavy atom. The van der Waals surface area contributed by atoms with Gasteiger partial charge in [-0.25, -0.2) is 0 Å². The highest BCUT2D eigenvalue weighted by molar-refractivity contribution is 7.13. The van der Waals surface area contributed by atoms with Crippen LogP contribution in [0.1, 0.15) is 24.5 Å². The summed E-state index contributed by atoms with van der Waals surface area (Å²) < 4.78 is 4.98. The largest absolute Gasteiger partial charge is 0.347 e. The fourth-order valence-corrected chi connectivity index (χ4v) is 2.41. The highest BCUT2D eigenvalue weighted by atomic mass is 32.1. The van der Waals surface area contributed by atoms with Crippen LogP contribution in [-0.4, -0.2) is 47.1 Å². The van der Waals surface area contributed by atoms with Crippen molar-refractivity contribution in [1.29, 1.82) is 0 Å². The van der Waals surface area contributed by atoms with E-state index in [0.717, 1.165) is 24.5 Å². The first-order valence-corrected chi connectivity index (χ1v) is 7.50. The molecule has 0 aliphatic carbocycles. The molecule has 108 valence electrons. The molecule has 0 saturated heterocycles. The van der Waals surface area contributed by atoms with Crippen LogP contribution in [0.5, 0.6) is 0 Å². The molecule has 0 radical (unpaired) electrons. The molecule has 0 spiro atoms. The van der Waals surface area contributed by atoms with Crippen LogP contribution in [0.15, 0.2) is 22.0 Å². The number of nitrogens with one attached hydrogen (secondary N) is 1. The van der Waals surface area contributed by atoms with E-state index in [9.17, 15) is 4.79 Å². The third-order valence-electron chi connectivity index (χ3n) is 2.97. The van der Waals surface area contributed by atoms with Crippen molar-refractivity contribution in [2.75, 3.05) is 26.2 Å². The number of thiophene rings is 1. The molecule has 0 fully saturated rings. The van der Waals surface area contributed by atoms with E-state index in [-0.39, 0.29) is 11.8 Å². The molecule has 0 aliphatic rings. The van der Waals surface area contributed by atoms with Crippen LogP contribution in [0, 0.1) is 0 Å². The summed E-state index contributed by atoms with van der Waals surface area (Å²) in [7, 11) is 0. The van der Waals surface area contributed by atoms with Gasteiger partial charge in [-0.2, -0.15) is 4.98 Å². The first-order chi connectivity index (χ1) is 9.74. The lowest BCUT2D eigenvalue weighted by Gasteiger charge is -2.17. The molecule has 7 heteroatoms. The van der Waals surface area contributed by atoms with Gasteiger partial charge in [0.15, 0.2) is 0 Å². The summed E-state index contributed by atoms with van der Waals surface area (Å²) in [6.07, 6.45) is 0. The topological polar surface area (TPSA) is 71.3 Å². The van der Waals surface area contributed by atoms with E-state index in [1.54, 1.807) is 0 Å². The molecule has 2 heterocycles. The fraction of sp³-hybridized carbons (Fsp3) is 0.462. The highest BCUT2D eigenvalue weighted by Crippen LogP contribution is 2.21. The summed E-state index contributed by atoms with van der Waals surface area (Å²) in [5, 5.41) is 8.52. The normalized spacial score (nSPS) is 10.9. The van der Waals surface area contributed by atoms with Gasteiger partial charge in [0.25, 0.3) is 0 Å². The molecule has 0 aromatic carbocycles. The maximum absolute atomic E-state index is 11.9. The first-order valence-electron chi connectivity index (χ1n) is 6.62. The lowest BCUT2D eigenvalue weighted by Crippen LogP contribution is -2.34. The van der Waals surface area contributed by atoms with E-state index < -0.39 is 0 Å². The van der Waals surface area contributed by atoms with Gasteiger partial charge in [-0.3, -0.25) is 4.79 Å². The summed E-state index contributed by atoms with van der Waals surface area (Å²) in [6, 6.07) is 3.79. The summed E-state index contributed by atoms with van der Waals surface area (Å²) in [5.74, 6) is 0.134. The third-order valence-corrected chi connectivity index (χ3v) is 3.84. The predicted octanol–water partition coefficient (Wildman–Crippen LogP) is 1.87. The zero-order valence-electron chi connectivity index (χ0n) is 11.6. The maximum atomic E-state index is 11.9. The van der Waals surface area contributed by atoms with Crippen LogP contribution in [0.2, 0.25) is 0 Å². The Morgan fingerprint density at radius 2 is 2.25 bits per heavy atom. The SMILES string of the molecule is CCN(CC)CCNC(=O)c1nc(-c2cccs2)no1. The van der Waals surface area contributed by atoms with Crippen molar-refractivity contribution in [3.8, 4) is 10.7 Å². The maximum Gasteiger partial charge on any atom is 0.316 e. The molecule has 6 nitrogen and oxygen atoms in total. The van der Waals surface area contributed by atoms with Crippen molar-refractivity contribution in [2.45, 2.75) is 13.8 Å². The lowest BCUT2D eigenvalue weighted by molar-refractivity contribution is 0.0905. The number of hydrogen-bond acceptors (Lipinski definition) is 6. The van der Waals surface area contributed by atoms with Gasteiger partial charge < -0.3 is 14.7 Å². The van der Waals surface area contributed by atoms with Crippen LogP contribution in [-0.2, 0) is 0 Å². The third kappa shape index (κ3) is 3.64. The molecule has 1 N–H and O–H groups in total. The number of carbonyl (C=O) groups excluding carboxylic acids is 1. The van der Waals surface area contributed by atoms with Crippen molar-refractivity contribution in [3.05, 3.63) is 23.4 Å². The molecule has 2 aromatic heterocycles. The molecule has 2 aromatic rings. The molecule has 0 aliphatic heterocycles. The Balaban J connectivity index is 1.87. The monoisotopic (exact) mass is 294 g/mol. The van der Waals surface area contributed by atoms with E-state index in [2.05, 4.69) is 34.2 Å². The van der Waals surface area contributed by atoms with Crippen molar-refractivity contribution in [3.63, 3.8) is 0 Å². The minimum atomic E-state index is -0.326. The smallest absolute Gasteiger partial charge is 0.316 e. The van der Waals surface area contributed by atoms with E-state index in [4.69, 9.17) is 4.52 Å². The molecule has 0 atom stereocenters. The summed E-state index contributed by atoms with van der Waals surface area (Å²) in [4.78, 5) is 19.1. The minimum Gasteiger partial charge on any atom is -0.347 e. The molecular weight excluding hydrogens is 276 g/mol. The Kier molecular flexibility index (Phi) is 5.25. The van der Waals surface area contributed by atoms with E-state index in [1.807, 2.05) is 17.5 Å². The second-order valence-corrected chi connectivity index (χ2v) is 5.13. The molecule has 0 unspecified atom stereocenters. The van der Waals surface area contributed by atoms with Gasteiger partial charge in [0.1, 0.15) is 0 Å². The quantitative estimate of drug-likeness (QED) is 0.844. The second kappa shape index (κ2) is 7.16. The van der Waals surface area contributed by atoms with Crippen molar-refractivity contribution in [1.82, 2.24) is 20.4 Å². The van der Waals surface area contributed by atoms with Gasteiger partial charge in [-0.1, -0.05) is 25.1 Å². The Hall–Kier alpha value is -1.73. The Labute approximate surface area is 121 Å². The number of amides is 1. The minimum absolute atomic E-state index is 0.00736. The molecule has 2 rings (SSSR count). The van der Waals surface area contributed by atoms with Gasteiger partial charge in [-0.15, -0.1) is 11.3 Å². The molecular formula is C13H18N4O2S. The van der Waals surface area contributed by atoms with Crippen molar-refractivity contribution < 1.29 is 9.32 Å². The van der Waals surface area contributed by atoms with Gasteiger partial charge in [-0.05, 0) is 24.5 Å². The molecule has 1 amide bonds. The standard InChI is InChI=1S/C13H18N4O2S/c1-3-17(4-2)8-7-14-12(18)13-15-11(16-19-13)10-6-5-9-20-10/h5-6,9H,3-4,7-8H2,1-2H3,(H,14,18). The van der Waals surface area contributed by atoms with E-state index >= 15 is 0 Å². The Morgan fingerprint density at radius 3 is 2.90 bits per heavy atom. The van der Waals surface area contributed by atoms with E-state index in [1.165, 1.54) is 11.3 Å². The van der Waals surface area contributed by atoms with Crippen molar-refractivity contribution in [2.24, 2.45) is 0 Å². The Bertz CT molecular complexity index is 534. The van der Waals surface area contributed by atoms with Crippen LogP contribution in [0.25, 0.3) is 10.7 Å². The number of nitrogens with zero attached hydrogens (tertiary/aromatic N) is 3. The van der Waals surface area contributed by atoms with Crippen molar-refractivity contribution >= 4 is 17.2 Å². The lowest BCUT2D eigenvalue weighted by atomic mass is 10.4. The average Bonchev–Trinajstić information content (AvgIpc) is 3.13. The van der Waals surface area contributed by atoms with Gasteiger partial charge in [0.2, 0.25) is 5.82 Å². The second-order valence-electron chi connectivity index (χ2n) is 4.18. The van der Waals surface area contributed by atoms with Crippen LogP contribution in [0.4, 0.5) is 0 Å². The number of carbonyl (C=O) groups is 1. The average molecular weight is 294 g/mol. The number of aromatic nitrogens is 2. The van der Waals surface area contributed by atoms with Gasteiger partial charge in [0.05, 0.1) is 4.88 Å². The number of likely N-dealkylation sites (N-methyl/N-ethyl adjacent to an activating group) is 1. The molecule has 0 saturated carbocycles. The summed E-state index contributed by atoms with van der Waals surface area (Å²) >= 11 is 1.51. The fourth-order valence-electron chi connectivity index (χ4n) is 1.76. The highest BCUT2D eigenvalue weighted by Gasteiger charge is 2.16. The molecule has 0 bridgehead atoms. The molecule has 20 heavy (non-hydrogen) atoms. The van der Waals surface area contributed by atoms with Crippen LogP contribution in [0.3, 0.4) is 0 Å². The van der Waals surface area contributed by atoms with E-state index in [0.29, 0.717) is 12.4 Å². The zero-order valence-corrected chi connectivity index (χ0v) is 12.4. The number of hydrogen-bond donors (Lipinski definition) is 1. The summed E-state index contributed by atoms with van der Waals surface area (Å²) in [6.45, 7) is 7.50. The van der Waals surface area contributed by atoms with Gasteiger partial charge in [0, 0.05) is 13.1 Å². The number of rotatable bonds is 7. The van der Waals surface area contributed by atoms with Crippen LogP contribution < -0.4 is 5.32 Å². The van der Waals surface area contributed by atoms with Crippen LogP contribution >= 0.6 is 11.3 Å². The van der Waals surface area contributed by atoms with Gasteiger partial charge >= 0.3 is 11.8 Å².